The van der Waals surface area contributed by atoms with Crippen LogP contribution >= 0.6 is 0 Å². The third-order valence-electron chi connectivity index (χ3n) is 15.3. The Morgan fingerprint density at radius 1 is 0.698 bits per heavy atom. The molecule has 7 nitrogen and oxygen atoms in total. The minimum Gasteiger partial charge on any atom is -0.497 e. The number of benzene rings is 5. The minimum atomic E-state index is -1.02. The van der Waals surface area contributed by atoms with Crippen LogP contribution in [-0.2, 0) is 20.7 Å². The van der Waals surface area contributed by atoms with Gasteiger partial charge in [0.15, 0.2) is 17.1 Å². The van der Waals surface area contributed by atoms with Crippen molar-refractivity contribution in [1.29, 1.82) is 0 Å². The number of fused-ring (bicyclic) bond motifs is 8. The Morgan fingerprint density at radius 2 is 1.32 bits per heavy atom. The summed E-state index contributed by atoms with van der Waals surface area (Å²) in [5.41, 5.74) is 5.34. The first-order valence-corrected chi connectivity index (χ1v) is 23.6. The van der Waals surface area contributed by atoms with Crippen LogP contribution in [0.5, 0.6) is 28.7 Å². The summed E-state index contributed by atoms with van der Waals surface area (Å²) in [7, 11) is 6.79. The number of hydrogen-bond acceptors (Lipinski definition) is 7. The van der Waals surface area contributed by atoms with Crippen LogP contribution in [0.1, 0.15) is 125 Å². The summed E-state index contributed by atoms with van der Waals surface area (Å²) in [5.74, 6) is 5.25. The van der Waals surface area contributed by atoms with Gasteiger partial charge in [0, 0.05) is 34.7 Å². The molecule has 0 aromatic heterocycles. The lowest BCUT2D eigenvalue weighted by molar-refractivity contribution is -0.140. The molecule has 4 aliphatic rings. The van der Waals surface area contributed by atoms with Crippen LogP contribution in [0, 0.1) is 23.7 Å². The monoisotopic (exact) mass is 848 g/mol. The van der Waals surface area contributed by atoms with Crippen molar-refractivity contribution in [1.82, 2.24) is 0 Å². The van der Waals surface area contributed by atoms with Crippen molar-refractivity contribution in [2.45, 2.75) is 109 Å². The number of carbonyl (C=O) groups excluding carboxylic acids is 1. The molecule has 3 aliphatic carbocycles. The van der Waals surface area contributed by atoms with Crippen molar-refractivity contribution >= 4 is 22.8 Å². The highest BCUT2D eigenvalue weighted by atomic mass is 16.6. The molecule has 7 heteroatoms. The molecule has 63 heavy (non-hydrogen) atoms. The molecule has 1 unspecified atom stereocenters. The Labute approximate surface area is 374 Å². The molecule has 1 aliphatic heterocycles. The molecule has 5 aromatic carbocycles. The average molecular weight is 849 g/mol. The molecule has 1 atom stereocenters. The van der Waals surface area contributed by atoms with Crippen LogP contribution in [-0.4, -0.2) is 34.4 Å². The van der Waals surface area contributed by atoms with Gasteiger partial charge in [-0.15, -0.1) is 0 Å². The van der Waals surface area contributed by atoms with E-state index >= 15 is 0 Å². The van der Waals surface area contributed by atoms with E-state index in [0.717, 1.165) is 98.7 Å². The predicted molar refractivity (Wildman–Crippen MR) is 251 cm³/mol. The van der Waals surface area contributed by atoms with Gasteiger partial charge >= 0.3 is 5.97 Å². The average Bonchev–Trinajstić information content (AvgIpc) is 3.65. The fourth-order valence-electron chi connectivity index (χ4n) is 11.8. The second kappa shape index (κ2) is 18.1. The second-order valence-corrected chi connectivity index (χ2v) is 18.4. The van der Waals surface area contributed by atoms with E-state index in [4.69, 9.17) is 28.4 Å². The number of carbonyl (C=O) groups is 1. The van der Waals surface area contributed by atoms with E-state index in [1.165, 1.54) is 51.4 Å². The summed E-state index contributed by atoms with van der Waals surface area (Å²) in [6.07, 6.45) is 19.9. The zero-order valence-corrected chi connectivity index (χ0v) is 38.1. The number of esters is 1. The lowest BCUT2D eigenvalue weighted by Gasteiger charge is -2.39. The quantitative estimate of drug-likeness (QED) is 0.0626. The molecule has 9 rings (SSSR count). The first-order valence-electron chi connectivity index (χ1n) is 23.6. The Hall–Kier alpha value is -5.27. The van der Waals surface area contributed by atoms with Gasteiger partial charge in [0.1, 0.15) is 22.8 Å². The lowest BCUT2D eigenvalue weighted by Crippen LogP contribution is -2.35. The van der Waals surface area contributed by atoms with E-state index in [9.17, 15) is 4.79 Å². The lowest BCUT2D eigenvalue weighted by atomic mass is 9.68. The SMILES string of the molecule is CCCCC[C@H]1CC[C@H]([C@H]2CC[C@H](C(=O)Oc3cc4c5c(c6c(c4cc3OC)OC(c3ccc(OC)cc3)(c3ccc(OC)cc3)C=C6)C(CC)(OC)c3ccccc3-5)CC2)CC1. The molecule has 0 saturated heterocycles. The van der Waals surface area contributed by atoms with Crippen molar-refractivity contribution in [3.63, 3.8) is 0 Å². The largest absolute Gasteiger partial charge is 0.497 e. The van der Waals surface area contributed by atoms with Crippen LogP contribution in [0.25, 0.3) is 28.0 Å². The number of ether oxygens (including phenoxy) is 6. The summed E-state index contributed by atoms with van der Waals surface area (Å²) in [6, 6.07) is 28.6. The topological polar surface area (TPSA) is 72.5 Å². The van der Waals surface area contributed by atoms with Gasteiger partial charge in [-0.25, -0.2) is 0 Å². The molecule has 330 valence electrons. The Morgan fingerprint density at radius 3 is 1.90 bits per heavy atom. The van der Waals surface area contributed by atoms with E-state index in [2.05, 4.69) is 74.5 Å². The predicted octanol–water partition coefficient (Wildman–Crippen LogP) is 13.6. The van der Waals surface area contributed by atoms with E-state index < -0.39 is 11.2 Å². The zero-order valence-electron chi connectivity index (χ0n) is 38.1. The highest BCUT2D eigenvalue weighted by molar-refractivity contribution is 6.09. The highest BCUT2D eigenvalue weighted by Crippen LogP contribution is 2.60. The first-order chi connectivity index (χ1) is 30.8. The molecular formula is C56H64O7. The molecule has 0 spiro atoms. The summed E-state index contributed by atoms with van der Waals surface area (Å²) in [6.45, 7) is 4.47. The molecule has 2 fully saturated rings. The van der Waals surface area contributed by atoms with E-state index in [-0.39, 0.29) is 11.9 Å². The molecule has 2 saturated carbocycles. The van der Waals surface area contributed by atoms with Gasteiger partial charge in [0.05, 0.1) is 27.2 Å². The fraction of sp³-hybridized carbons (Fsp3) is 0.446. The maximum absolute atomic E-state index is 14.2. The standard InChI is InChI=1S/C56H64O7/c1-7-9-10-13-36-16-18-37(19-17-36)38-20-22-39(23-21-38)54(57)62-50-34-46-47(35-49(50)60-5)53-45(52-51(46)44-14-11-12-15-48(44)55(52,8-2)61-6)32-33-56(63-53,40-24-28-42(58-3)29-25-40)41-26-30-43(59-4)31-27-41/h11-12,14-15,24-39H,7-10,13,16-23H2,1-6H3/t36-,37-,38-,39-,55?. The maximum Gasteiger partial charge on any atom is 0.314 e. The fourth-order valence-corrected chi connectivity index (χ4v) is 11.8. The summed E-state index contributed by atoms with van der Waals surface area (Å²) < 4.78 is 38.0. The Kier molecular flexibility index (Phi) is 12.3. The molecule has 1 heterocycles. The molecule has 0 N–H and O–H groups in total. The van der Waals surface area contributed by atoms with Crippen molar-refractivity contribution in [2.75, 3.05) is 28.4 Å². The van der Waals surface area contributed by atoms with Gasteiger partial charge in [0.25, 0.3) is 0 Å². The van der Waals surface area contributed by atoms with Crippen molar-refractivity contribution in [3.8, 4) is 39.9 Å². The Balaban J connectivity index is 1.10. The molecule has 0 amide bonds. The summed E-state index contributed by atoms with van der Waals surface area (Å²) in [5, 5.41) is 1.77. The normalized spacial score (nSPS) is 23.3. The molecule has 0 bridgehead atoms. The third kappa shape index (κ3) is 7.58. The summed E-state index contributed by atoms with van der Waals surface area (Å²) in [4.78, 5) is 14.2. The first kappa shape index (κ1) is 43.0. The van der Waals surface area contributed by atoms with Crippen molar-refractivity contribution < 1.29 is 33.2 Å². The van der Waals surface area contributed by atoms with Crippen LogP contribution in [0.15, 0.2) is 91.0 Å². The van der Waals surface area contributed by atoms with Gasteiger partial charge in [-0.3, -0.25) is 4.79 Å². The number of methoxy groups -OCH3 is 4. The van der Waals surface area contributed by atoms with Crippen LogP contribution < -0.4 is 23.7 Å². The second-order valence-electron chi connectivity index (χ2n) is 18.4. The summed E-state index contributed by atoms with van der Waals surface area (Å²) >= 11 is 0. The smallest absolute Gasteiger partial charge is 0.314 e. The van der Waals surface area contributed by atoms with Gasteiger partial charge in [-0.2, -0.15) is 0 Å². The zero-order chi connectivity index (χ0) is 43.7. The van der Waals surface area contributed by atoms with Crippen LogP contribution in [0.2, 0.25) is 0 Å². The molecule has 5 aromatic rings. The number of rotatable bonds is 14. The Bertz CT molecular complexity index is 2400. The van der Waals surface area contributed by atoms with Crippen LogP contribution in [0.3, 0.4) is 0 Å². The van der Waals surface area contributed by atoms with Gasteiger partial charge in [0.2, 0.25) is 0 Å². The molecule has 0 radical (unpaired) electrons. The number of unbranched alkanes of at least 4 members (excludes halogenated alkanes) is 2. The minimum absolute atomic E-state index is 0.133. The highest BCUT2D eigenvalue weighted by Gasteiger charge is 2.48. The van der Waals surface area contributed by atoms with Gasteiger partial charge < -0.3 is 28.4 Å². The van der Waals surface area contributed by atoms with E-state index in [0.29, 0.717) is 29.6 Å². The van der Waals surface area contributed by atoms with Crippen LogP contribution in [0.4, 0.5) is 0 Å². The van der Waals surface area contributed by atoms with E-state index in [1.807, 2.05) is 36.4 Å². The van der Waals surface area contributed by atoms with Crippen molar-refractivity contribution in [3.05, 3.63) is 119 Å². The van der Waals surface area contributed by atoms with E-state index in [1.54, 1.807) is 28.4 Å². The van der Waals surface area contributed by atoms with Crippen molar-refractivity contribution in [2.24, 2.45) is 23.7 Å². The van der Waals surface area contributed by atoms with Gasteiger partial charge in [-0.1, -0.05) is 107 Å². The maximum atomic E-state index is 14.2. The molecular weight excluding hydrogens is 785 g/mol. The number of hydrogen-bond donors (Lipinski definition) is 0. The third-order valence-corrected chi connectivity index (χ3v) is 15.3. The van der Waals surface area contributed by atoms with Gasteiger partial charge in [-0.05, 0) is 127 Å².